The van der Waals surface area contributed by atoms with E-state index in [9.17, 15) is 0 Å². The van der Waals surface area contributed by atoms with E-state index >= 15 is 0 Å². The summed E-state index contributed by atoms with van der Waals surface area (Å²) in [7, 11) is 1.94. The van der Waals surface area contributed by atoms with Crippen molar-refractivity contribution in [3.63, 3.8) is 0 Å². The van der Waals surface area contributed by atoms with Crippen molar-refractivity contribution in [1.29, 1.82) is 0 Å². The highest BCUT2D eigenvalue weighted by Crippen LogP contribution is 2.16. The summed E-state index contributed by atoms with van der Waals surface area (Å²) in [6.07, 6.45) is 0. The van der Waals surface area contributed by atoms with Crippen LogP contribution < -0.4 is 5.32 Å². The van der Waals surface area contributed by atoms with Gasteiger partial charge in [-0.15, -0.1) is 0 Å². The molecule has 1 nitrogen and oxygen atoms in total. The Hall–Kier alpha value is -0.250. The number of aryl methyl sites for hydroxylation is 1. The van der Waals surface area contributed by atoms with Crippen molar-refractivity contribution < 1.29 is 0 Å². The minimum Gasteiger partial charge on any atom is -0.388 e. The number of hydrogen-bond acceptors (Lipinski definition) is 1. The first-order valence-corrected chi connectivity index (χ1v) is 4.26. The molecule has 0 bridgehead atoms. The highest BCUT2D eigenvalue weighted by Gasteiger charge is 1.93. The molecule has 0 radical (unpaired) electrons. The number of halogens is 1. The summed E-state index contributed by atoms with van der Waals surface area (Å²) in [6, 6.07) is 6.35. The van der Waals surface area contributed by atoms with E-state index in [1.54, 1.807) is 0 Å². The van der Waals surface area contributed by atoms with Crippen molar-refractivity contribution >= 4 is 28.3 Å². The lowest BCUT2D eigenvalue weighted by atomic mass is 10.2. The molecule has 1 N–H and O–H groups in total. The average molecular weight is 247 g/mol. The van der Waals surface area contributed by atoms with Crippen LogP contribution in [0.25, 0.3) is 0 Å². The van der Waals surface area contributed by atoms with Gasteiger partial charge in [-0.05, 0) is 53.3 Å². The van der Waals surface area contributed by atoms with Crippen LogP contribution in [0.15, 0.2) is 18.2 Å². The second-order valence-electron chi connectivity index (χ2n) is 2.21. The van der Waals surface area contributed by atoms with E-state index in [0.717, 1.165) is 0 Å². The van der Waals surface area contributed by atoms with Crippen molar-refractivity contribution in [2.24, 2.45) is 0 Å². The Kier molecular flexibility index (Phi) is 2.54. The lowest BCUT2D eigenvalue weighted by Crippen LogP contribution is -1.90. The van der Waals surface area contributed by atoms with Crippen molar-refractivity contribution in [3.8, 4) is 0 Å². The summed E-state index contributed by atoms with van der Waals surface area (Å²) >= 11 is 2.31. The Morgan fingerprint density at radius 3 is 2.60 bits per heavy atom. The van der Waals surface area contributed by atoms with Gasteiger partial charge in [-0.1, -0.05) is 0 Å². The first-order chi connectivity index (χ1) is 4.74. The summed E-state index contributed by atoms with van der Waals surface area (Å²) in [5.41, 5.74) is 2.51. The molecule has 0 aliphatic heterocycles. The fourth-order valence-corrected chi connectivity index (χ4v) is 1.55. The molecular formula is C8H10IN. The molecule has 0 aromatic heterocycles. The average Bonchev–Trinajstić information content (AvgIpc) is 1.88. The largest absolute Gasteiger partial charge is 0.388 e. The van der Waals surface area contributed by atoms with Crippen LogP contribution in [0.5, 0.6) is 0 Å². The standard InChI is InChI=1S/C8H10IN/c1-6-5-7(9)3-4-8(6)10-2/h3-5,10H,1-2H3. The lowest BCUT2D eigenvalue weighted by Gasteiger charge is -2.03. The van der Waals surface area contributed by atoms with Gasteiger partial charge in [-0.3, -0.25) is 0 Å². The van der Waals surface area contributed by atoms with E-state index in [1.807, 2.05) is 7.05 Å². The van der Waals surface area contributed by atoms with E-state index in [-0.39, 0.29) is 0 Å². The number of rotatable bonds is 1. The van der Waals surface area contributed by atoms with Gasteiger partial charge >= 0.3 is 0 Å². The maximum absolute atomic E-state index is 3.12. The molecule has 1 rings (SSSR count). The van der Waals surface area contributed by atoms with Gasteiger partial charge in [-0.25, -0.2) is 0 Å². The van der Waals surface area contributed by atoms with Crippen molar-refractivity contribution in [3.05, 3.63) is 27.3 Å². The molecule has 0 amide bonds. The van der Waals surface area contributed by atoms with Gasteiger partial charge in [0.25, 0.3) is 0 Å². The smallest absolute Gasteiger partial charge is 0.0368 e. The van der Waals surface area contributed by atoms with Gasteiger partial charge in [0.2, 0.25) is 0 Å². The molecule has 0 unspecified atom stereocenters. The third kappa shape index (κ3) is 1.62. The molecule has 1 aromatic carbocycles. The Morgan fingerprint density at radius 2 is 2.10 bits per heavy atom. The molecule has 0 spiro atoms. The van der Waals surface area contributed by atoms with Crippen LogP contribution in [-0.4, -0.2) is 7.05 Å². The number of benzene rings is 1. The van der Waals surface area contributed by atoms with E-state index in [0.29, 0.717) is 0 Å². The SMILES string of the molecule is CNc1ccc(I)cc1C. The Bertz CT molecular complexity index is 233. The Balaban J connectivity index is 3.07. The molecule has 0 fully saturated rings. The molecule has 1 aromatic rings. The topological polar surface area (TPSA) is 12.0 Å². The van der Waals surface area contributed by atoms with Crippen molar-refractivity contribution in [2.45, 2.75) is 6.92 Å². The number of anilines is 1. The first-order valence-electron chi connectivity index (χ1n) is 3.18. The van der Waals surface area contributed by atoms with E-state index in [4.69, 9.17) is 0 Å². The van der Waals surface area contributed by atoms with Gasteiger partial charge in [0.05, 0.1) is 0 Å². The maximum Gasteiger partial charge on any atom is 0.0368 e. The second kappa shape index (κ2) is 3.23. The molecule has 0 saturated heterocycles. The fourth-order valence-electron chi connectivity index (χ4n) is 0.908. The molecule has 54 valence electrons. The van der Waals surface area contributed by atoms with Crippen LogP contribution in [0.2, 0.25) is 0 Å². The van der Waals surface area contributed by atoms with Gasteiger partial charge in [-0.2, -0.15) is 0 Å². The van der Waals surface area contributed by atoms with E-state index in [1.165, 1.54) is 14.8 Å². The zero-order chi connectivity index (χ0) is 7.56. The lowest BCUT2D eigenvalue weighted by molar-refractivity contribution is 1.39. The van der Waals surface area contributed by atoms with Gasteiger partial charge in [0, 0.05) is 16.3 Å². The maximum atomic E-state index is 3.12. The first kappa shape index (κ1) is 7.85. The predicted molar refractivity (Wildman–Crippen MR) is 53.4 cm³/mol. The summed E-state index contributed by atoms with van der Waals surface area (Å²) in [6.45, 7) is 2.11. The molecule has 0 aliphatic carbocycles. The number of hydrogen-bond donors (Lipinski definition) is 1. The molecule has 0 heterocycles. The van der Waals surface area contributed by atoms with Gasteiger partial charge in [0.15, 0.2) is 0 Å². The zero-order valence-electron chi connectivity index (χ0n) is 6.11. The van der Waals surface area contributed by atoms with Crippen LogP contribution in [-0.2, 0) is 0 Å². The van der Waals surface area contributed by atoms with Crippen LogP contribution in [0.3, 0.4) is 0 Å². The second-order valence-corrected chi connectivity index (χ2v) is 3.45. The minimum atomic E-state index is 1.21. The molecule has 0 atom stereocenters. The highest BCUT2D eigenvalue weighted by molar-refractivity contribution is 14.1. The summed E-state index contributed by atoms with van der Waals surface area (Å²) in [5, 5.41) is 3.12. The number of nitrogens with one attached hydrogen (secondary N) is 1. The summed E-state index contributed by atoms with van der Waals surface area (Å²) in [5.74, 6) is 0. The minimum absolute atomic E-state index is 1.21. The van der Waals surface area contributed by atoms with Crippen LogP contribution in [0, 0.1) is 10.5 Å². The zero-order valence-corrected chi connectivity index (χ0v) is 8.27. The quantitative estimate of drug-likeness (QED) is 0.752. The monoisotopic (exact) mass is 247 g/mol. The van der Waals surface area contributed by atoms with Crippen LogP contribution in [0.1, 0.15) is 5.56 Å². The summed E-state index contributed by atoms with van der Waals surface area (Å²) in [4.78, 5) is 0. The predicted octanol–water partition coefficient (Wildman–Crippen LogP) is 2.64. The highest BCUT2D eigenvalue weighted by atomic mass is 127. The molecular weight excluding hydrogens is 237 g/mol. The van der Waals surface area contributed by atoms with Crippen molar-refractivity contribution in [1.82, 2.24) is 0 Å². The van der Waals surface area contributed by atoms with E-state index < -0.39 is 0 Å². The third-order valence-electron chi connectivity index (χ3n) is 1.46. The normalized spacial score (nSPS) is 9.50. The fraction of sp³-hybridized carbons (Fsp3) is 0.250. The van der Waals surface area contributed by atoms with Crippen molar-refractivity contribution in [2.75, 3.05) is 12.4 Å². The Labute approximate surface area is 75.0 Å². The molecule has 2 heteroatoms. The summed E-state index contributed by atoms with van der Waals surface area (Å²) < 4.78 is 1.29. The van der Waals surface area contributed by atoms with Gasteiger partial charge < -0.3 is 5.32 Å². The molecule has 10 heavy (non-hydrogen) atoms. The van der Waals surface area contributed by atoms with Crippen LogP contribution in [0.4, 0.5) is 5.69 Å². The molecule has 0 saturated carbocycles. The van der Waals surface area contributed by atoms with E-state index in [2.05, 4.69) is 53.0 Å². The van der Waals surface area contributed by atoms with Gasteiger partial charge in [0.1, 0.15) is 0 Å². The third-order valence-corrected chi connectivity index (χ3v) is 2.13. The molecule has 0 aliphatic rings. The van der Waals surface area contributed by atoms with Crippen LogP contribution >= 0.6 is 22.6 Å². The Morgan fingerprint density at radius 1 is 1.40 bits per heavy atom.